The first kappa shape index (κ1) is 11.7. The van der Waals surface area contributed by atoms with Gasteiger partial charge in [-0.3, -0.25) is 9.59 Å². The smallest absolute Gasteiger partial charge is 0.207 e. The maximum absolute atomic E-state index is 9.29. The van der Waals surface area contributed by atoms with E-state index in [9.17, 15) is 9.59 Å². The fourth-order valence-electron chi connectivity index (χ4n) is 0.167. The van der Waals surface area contributed by atoms with Crippen LogP contribution in [0.15, 0.2) is 0 Å². The number of nitrogens with one attached hydrogen (secondary N) is 2. The van der Waals surface area contributed by atoms with Gasteiger partial charge in [0.1, 0.15) is 0 Å². The molecule has 0 unspecified atom stereocenters. The van der Waals surface area contributed by atoms with E-state index < -0.39 is 0 Å². The molecule has 0 aromatic rings. The Kier molecular flexibility index (Phi) is 18.3. The zero-order valence-corrected chi connectivity index (χ0v) is 6.39. The zero-order chi connectivity index (χ0) is 8.24. The van der Waals surface area contributed by atoms with Crippen molar-refractivity contribution >= 4 is 12.8 Å². The second-order valence-electron chi connectivity index (χ2n) is 1.35. The van der Waals surface area contributed by atoms with E-state index in [2.05, 4.69) is 10.6 Å². The summed E-state index contributed by atoms with van der Waals surface area (Å²) >= 11 is 0. The summed E-state index contributed by atoms with van der Waals surface area (Å²) in [6.45, 7) is 5.19. The number of rotatable bonds is 4. The molecule has 2 N–H and O–H groups in total. The van der Waals surface area contributed by atoms with Crippen molar-refractivity contribution in [3.63, 3.8) is 0 Å². The molecule has 0 atom stereocenters. The van der Waals surface area contributed by atoms with E-state index in [0.29, 0.717) is 12.8 Å². The van der Waals surface area contributed by atoms with E-state index in [-0.39, 0.29) is 0 Å². The number of carbonyl (C=O) groups is 2. The lowest BCUT2D eigenvalue weighted by molar-refractivity contribution is -0.110. The van der Waals surface area contributed by atoms with Crippen LogP contribution in [0.25, 0.3) is 0 Å². The standard InChI is InChI=1S/2C3H7NO/c2*1-2-4-3-5/h2*3H,2H2,1H3,(H,4,5). The summed E-state index contributed by atoms with van der Waals surface area (Å²) in [7, 11) is 0. The van der Waals surface area contributed by atoms with Crippen molar-refractivity contribution in [2.24, 2.45) is 0 Å². The lowest BCUT2D eigenvalue weighted by Crippen LogP contribution is -2.07. The highest BCUT2D eigenvalue weighted by Crippen LogP contribution is 1.38. The Labute approximate surface area is 61.0 Å². The summed E-state index contributed by atoms with van der Waals surface area (Å²) < 4.78 is 0. The Balaban J connectivity index is 0. The predicted octanol–water partition coefficient (Wildman–Crippen LogP) is -0.495. The lowest BCUT2D eigenvalue weighted by Gasteiger charge is -1.78. The molecule has 0 bridgehead atoms. The second kappa shape index (κ2) is 15.7. The average molecular weight is 146 g/mol. The topological polar surface area (TPSA) is 58.2 Å². The molecule has 0 aliphatic heterocycles. The molecule has 0 aliphatic rings. The van der Waals surface area contributed by atoms with Gasteiger partial charge in [0, 0.05) is 13.1 Å². The third kappa shape index (κ3) is 28.3. The third-order valence-electron chi connectivity index (χ3n) is 0.575. The maximum atomic E-state index is 9.29. The number of carbonyl (C=O) groups excluding carboxylic acids is 2. The summed E-state index contributed by atoms with van der Waals surface area (Å²) in [6.07, 6.45) is 1.36. The summed E-state index contributed by atoms with van der Waals surface area (Å²) in [6, 6.07) is 0. The van der Waals surface area contributed by atoms with Gasteiger partial charge in [0.2, 0.25) is 12.8 Å². The molecule has 4 heteroatoms. The van der Waals surface area contributed by atoms with E-state index in [1.807, 2.05) is 13.8 Å². The molecule has 2 amide bonds. The fourth-order valence-corrected chi connectivity index (χ4v) is 0.167. The molecule has 0 rings (SSSR count). The van der Waals surface area contributed by atoms with Gasteiger partial charge < -0.3 is 10.6 Å². The summed E-state index contributed by atoms with van der Waals surface area (Å²) in [4.78, 5) is 18.6. The maximum Gasteiger partial charge on any atom is 0.207 e. The number of hydrogen-bond acceptors (Lipinski definition) is 2. The van der Waals surface area contributed by atoms with Crippen molar-refractivity contribution in [1.29, 1.82) is 0 Å². The van der Waals surface area contributed by atoms with Gasteiger partial charge in [0.15, 0.2) is 0 Å². The Bertz CT molecular complexity index is 66.1. The fraction of sp³-hybridized carbons (Fsp3) is 0.667. The first-order chi connectivity index (χ1) is 4.83. The van der Waals surface area contributed by atoms with Crippen LogP contribution >= 0.6 is 0 Å². The minimum Gasteiger partial charge on any atom is -0.359 e. The molecule has 0 spiro atoms. The van der Waals surface area contributed by atoms with Crippen molar-refractivity contribution in [3.8, 4) is 0 Å². The van der Waals surface area contributed by atoms with Crippen LogP contribution in [0.1, 0.15) is 13.8 Å². The Hall–Kier alpha value is -1.06. The molecule has 0 radical (unpaired) electrons. The lowest BCUT2D eigenvalue weighted by atomic mass is 10.8. The van der Waals surface area contributed by atoms with E-state index in [4.69, 9.17) is 0 Å². The van der Waals surface area contributed by atoms with Gasteiger partial charge in [-0.05, 0) is 13.8 Å². The molecular formula is C6H14N2O2. The largest absolute Gasteiger partial charge is 0.359 e. The van der Waals surface area contributed by atoms with Crippen LogP contribution in [0.5, 0.6) is 0 Å². The minimum absolute atomic E-state index is 0.681. The SMILES string of the molecule is CCNC=O.CCNC=O. The van der Waals surface area contributed by atoms with E-state index in [1.54, 1.807) is 0 Å². The molecule has 60 valence electrons. The quantitative estimate of drug-likeness (QED) is 0.525. The molecule has 0 saturated carbocycles. The second-order valence-corrected chi connectivity index (χ2v) is 1.35. The van der Waals surface area contributed by atoms with Crippen LogP contribution in [-0.4, -0.2) is 25.9 Å². The van der Waals surface area contributed by atoms with E-state index in [0.717, 1.165) is 13.1 Å². The first-order valence-corrected chi connectivity index (χ1v) is 3.17. The minimum atomic E-state index is 0.681. The molecule has 4 nitrogen and oxygen atoms in total. The van der Waals surface area contributed by atoms with Gasteiger partial charge in [-0.25, -0.2) is 0 Å². The van der Waals surface area contributed by atoms with Crippen molar-refractivity contribution in [3.05, 3.63) is 0 Å². The van der Waals surface area contributed by atoms with Crippen molar-refractivity contribution in [2.75, 3.05) is 13.1 Å². The molecular weight excluding hydrogens is 132 g/mol. The average Bonchev–Trinajstić information content (AvgIpc) is 1.93. The van der Waals surface area contributed by atoms with Gasteiger partial charge in [0.05, 0.1) is 0 Å². The van der Waals surface area contributed by atoms with Crippen LogP contribution in [0, 0.1) is 0 Å². The van der Waals surface area contributed by atoms with Crippen LogP contribution in [0.2, 0.25) is 0 Å². The van der Waals surface area contributed by atoms with Crippen LogP contribution in [0.3, 0.4) is 0 Å². The Morgan fingerprint density at radius 3 is 1.30 bits per heavy atom. The Morgan fingerprint density at radius 1 is 1.00 bits per heavy atom. The van der Waals surface area contributed by atoms with Gasteiger partial charge in [-0.1, -0.05) is 0 Å². The van der Waals surface area contributed by atoms with Gasteiger partial charge in [0.25, 0.3) is 0 Å². The summed E-state index contributed by atoms with van der Waals surface area (Å²) in [5.74, 6) is 0. The van der Waals surface area contributed by atoms with Crippen LogP contribution in [0.4, 0.5) is 0 Å². The molecule has 0 aliphatic carbocycles. The normalized spacial score (nSPS) is 6.60. The van der Waals surface area contributed by atoms with Gasteiger partial charge in [-0.2, -0.15) is 0 Å². The Morgan fingerprint density at radius 2 is 1.30 bits per heavy atom. The highest BCUT2D eigenvalue weighted by Gasteiger charge is 1.59. The predicted molar refractivity (Wildman–Crippen MR) is 39.5 cm³/mol. The monoisotopic (exact) mass is 146 g/mol. The number of hydrogen-bond donors (Lipinski definition) is 2. The van der Waals surface area contributed by atoms with Crippen molar-refractivity contribution < 1.29 is 9.59 Å². The van der Waals surface area contributed by atoms with Crippen molar-refractivity contribution in [2.45, 2.75) is 13.8 Å². The molecule has 0 aromatic carbocycles. The van der Waals surface area contributed by atoms with Crippen molar-refractivity contribution in [1.82, 2.24) is 10.6 Å². The molecule has 0 aromatic heterocycles. The summed E-state index contributed by atoms with van der Waals surface area (Å²) in [5.41, 5.74) is 0. The van der Waals surface area contributed by atoms with Gasteiger partial charge >= 0.3 is 0 Å². The molecule has 0 saturated heterocycles. The highest BCUT2D eigenvalue weighted by atomic mass is 16.1. The number of amides is 2. The van der Waals surface area contributed by atoms with Crippen LogP contribution in [-0.2, 0) is 9.59 Å². The van der Waals surface area contributed by atoms with Crippen LogP contribution < -0.4 is 10.6 Å². The van der Waals surface area contributed by atoms with E-state index in [1.165, 1.54) is 0 Å². The molecule has 0 heterocycles. The summed E-state index contributed by atoms with van der Waals surface area (Å²) in [5, 5.41) is 4.86. The molecule has 10 heavy (non-hydrogen) atoms. The molecule has 0 fully saturated rings. The van der Waals surface area contributed by atoms with E-state index >= 15 is 0 Å². The van der Waals surface area contributed by atoms with Gasteiger partial charge in [-0.15, -0.1) is 0 Å². The highest BCUT2D eigenvalue weighted by molar-refractivity contribution is 5.45. The third-order valence-corrected chi connectivity index (χ3v) is 0.575. The zero-order valence-electron chi connectivity index (χ0n) is 6.39. The first-order valence-electron chi connectivity index (χ1n) is 3.17.